The van der Waals surface area contributed by atoms with E-state index in [1.165, 1.54) is 13.2 Å². The average Bonchev–Trinajstić information content (AvgIpc) is 3.56. The summed E-state index contributed by atoms with van der Waals surface area (Å²) >= 11 is 0. The van der Waals surface area contributed by atoms with Crippen molar-refractivity contribution in [2.45, 2.75) is 62.4 Å². The molecule has 1 fully saturated rings. The van der Waals surface area contributed by atoms with Gasteiger partial charge in [-0.2, -0.15) is 0 Å². The highest BCUT2D eigenvalue weighted by Crippen LogP contribution is 2.39. The lowest BCUT2D eigenvalue weighted by atomic mass is 9.91. The zero-order chi connectivity index (χ0) is 29.1. The normalized spacial score (nSPS) is 16.9. The Labute approximate surface area is 241 Å². The summed E-state index contributed by atoms with van der Waals surface area (Å²) in [6.07, 6.45) is 5.09. The molecule has 0 aromatic heterocycles. The van der Waals surface area contributed by atoms with Crippen LogP contribution in [0, 0.1) is 6.92 Å². The monoisotopic (exact) mass is 576 g/mol. The van der Waals surface area contributed by atoms with Gasteiger partial charge in [-0.3, -0.25) is 9.59 Å². The molecule has 1 N–H and O–H groups in total. The van der Waals surface area contributed by atoms with Crippen LogP contribution in [0.4, 0.5) is 5.69 Å². The van der Waals surface area contributed by atoms with Crippen LogP contribution in [0.15, 0.2) is 65.6 Å². The number of ether oxygens (including phenoxy) is 2. The van der Waals surface area contributed by atoms with Crippen molar-refractivity contribution in [3.05, 3.63) is 88.5 Å². The summed E-state index contributed by atoms with van der Waals surface area (Å²) in [5, 5.41) is 0. The number of anilines is 1. The van der Waals surface area contributed by atoms with Crippen molar-refractivity contribution >= 4 is 27.6 Å². The smallest absolute Gasteiger partial charge is 0.310 e. The molecule has 1 atom stereocenters. The van der Waals surface area contributed by atoms with Gasteiger partial charge in [-0.1, -0.05) is 36.4 Å². The summed E-state index contributed by atoms with van der Waals surface area (Å²) in [6, 6.07) is 17.7. The number of rotatable bonds is 9. The Hall–Kier alpha value is -3.85. The molecule has 0 radical (unpaired) electrons. The van der Waals surface area contributed by atoms with E-state index in [1.807, 2.05) is 19.2 Å². The van der Waals surface area contributed by atoms with Gasteiger partial charge in [0.1, 0.15) is 11.9 Å². The van der Waals surface area contributed by atoms with Gasteiger partial charge in [-0.25, -0.2) is 13.1 Å². The minimum atomic E-state index is -4.02. The molecule has 1 aliphatic heterocycles. The van der Waals surface area contributed by atoms with Crippen LogP contribution in [0.2, 0.25) is 0 Å². The van der Waals surface area contributed by atoms with Gasteiger partial charge >= 0.3 is 5.97 Å². The Kier molecular flexibility index (Phi) is 8.35. The molecule has 2 aliphatic rings. The standard InChI is InChI=1S/C32H36N2O6S/c1-21-8-4-7-11-30(21)41(37,38)33-32(36)24-14-13-23(29(19-24)39-3)18-25-20-34(2)28-15-12-22(16-27(25)28)17-31(35)40-26-9-5-6-10-26/h4,7-8,11-16,19,25-26H,5-6,9-10,17-18,20H2,1-3H3,(H,33,36). The Morgan fingerprint density at radius 2 is 1.78 bits per heavy atom. The van der Waals surface area contributed by atoms with Crippen molar-refractivity contribution in [2.24, 2.45) is 0 Å². The maximum Gasteiger partial charge on any atom is 0.310 e. The van der Waals surface area contributed by atoms with Crippen LogP contribution < -0.4 is 14.4 Å². The van der Waals surface area contributed by atoms with Gasteiger partial charge in [0, 0.05) is 30.8 Å². The fourth-order valence-corrected chi connectivity index (χ4v) is 7.13. The number of sulfonamides is 1. The SMILES string of the molecule is COc1cc(C(=O)NS(=O)(=O)c2ccccc2C)ccc1CC1CN(C)c2ccc(CC(=O)OC3CCCC3)cc21. The van der Waals surface area contributed by atoms with Gasteiger partial charge in [0.05, 0.1) is 18.4 Å². The van der Waals surface area contributed by atoms with Gasteiger partial charge in [0.25, 0.3) is 15.9 Å². The first kappa shape index (κ1) is 28.7. The number of hydrogen-bond donors (Lipinski definition) is 1. The van der Waals surface area contributed by atoms with E-state index in [9.17, 15) is 18.0 Å². The first-order valence-corrected chi connectivity index (χ1v) is 15.5. The summed E-state index contributed by atoms with van der Waals surface area (Å²) in [5.41, 5.74) is 4.86. The van der Waals surface area contributed by atoms with E-state index in [2.05, 4.69) is 21.8 Å². The van der Waals surface area contributed by atoms with E-state index in [0.29, 0.717) is 17.7 Å². The fourth-order valence-electron chi connectivity index (χ4n) is 5.90. The van der Waals surface area contributed by atoms with E-state index in [1.54, 1.807) is 37.3 Å². The number of hydrogen-bond acceptors (Lipinski definition) is 7. The molecule has 5 rings (SSSR count). The minimum absolute atomic E-state index is 0.0518. The van der Waals surface area contributed by atoms with Crippen molar-refractivity contribution in [1.82, 2.24) is 4.72 Å². The molecule has 9 heteroatoms. The molecular formula is C32H36N2O6S. The van der Waals surface area contributed by atoms with Crippen molar-refractivity contribution in [1.29, 1.82) is 0 Å². The number of nitrogens with one attached hydrogen (secondary N) is 1. The van der Waals surface area contributed by atoms with E-state index in [4.69, 9.17) is 9.47 Å². The second-order valence-electron chi connectivity index (χ2n) is 11.0. The number of nitrogens with zero attached hydrogens (tertiary/aromatic N) is 1. The van der Waals surface area contributed by atoms with E-state index in [0.717, 1.165) is 54.6 Å². The molecule has 0 bridgehead atoms. The first-order valence-electron chi connectivity index (χ1n) is 14.0. The highest BCUT2D eigenvalue weighted by Gasteiger charge is 2.29. The lowest BCUT2D eigenvalue weighted by Gasteiger charge is -2.16. The molecule has 1 unspecified atom stereocenters. The first-order chi connectivity index (χ1) is 19.6. The number of benzene rings is 3. The molecular weight excluding hydrogens is 540 g/mol. The lowest BCUT2D eigenvalue weighted by Crippen LogP contribution is -2.31. The van der Waals surface area contributed by atoms with Gasteiger partial charge in [-0.05, 0) is 85.5 Å². The number of methoxy groups -OCH3 is 1. The maximum atomic E-state index is 12.9. The molecule has 3 aromatic rings. The van der Waals surface area contributed by atoms with Crippen molar-refractivity contribution in [3.63, 3.8) is 0 Å². The second-order valence-corrected chi connectivity index (χ2v) is 12.6. The Morgan fingerprint density at radius 3 is 2.51 bits per heavy atom. The number of aryl methyl sites for hydroxylation is 1. The number of esters is 1. The summed E-state index contributed by atoms with van der Waals surface area (Å²) in [4.78, 5) is 27.7. The summed E-state index contributed by atoms with van der Waals surface area (Å²) < 4.78 is 39.1. The van der Waals surface area contributed by atoms with E-state index >= 15 is 0 Å². The molecule has 1 saturated carbocycles. The van der Waals surface area contributed by atoms with Crippen molar-refractivity contribution in [3.8, 4) is 5.75 Å². The largest absolute Gasteiger partial charge is 0.496 e. The number of fused-ring (bicyclic) bond motifs is 1. The maximum absolute atomic E-state index is 12.9. The number of carbonyl (C=O) groups excluding carboxylic acids is 2. The third-order valence-corrected chi connectivity index (χ3v) is 9.50. The molecule has 8 nitrogen and oxygen atoms in total. The number of amides is 1. The minimum Gasteiger partial charge on any atom is -0.496 e. The van der Waals surface area contributed by atoms with Gasteiger partial charge in [0.2, 0.25) is 0 Å². The van der Waals surface area contributed by atoms with Crippen LogP contribution in [0.5, 0.6) is 5.75 Å². The fraction of sp³-hybridized carbons (Fsp3) is 0.375. The summed E-state index contributed by atoms with van der Waals surface area (Å²) in [7, 11) is -0.442. The zero-order valence-corrected chi connectivity index (χ0v) is 24.5. The number of likely N-dealkylation sites (N-methyl/N-ethyl adjacent to an activating group) is 1. The van der Waals surface area contributed by atoms with Crippen LogP contribution in [-0.4, -0.2) is 47.1 Å². The topological polar surface area (TPSA) is 102 Å². The second kappa shape index (κ2) is 11.9. The quantitative estimate of drug-likeness (QED) is 0.361. The predicted octanol–water partition coefficient (Wildman–Crippen LogP) is 4.93. The third-order valence-electron chi connectivity index (χ3n) is 8.01. The third kappa shape index (κ3) is 6.40. The van der Waals surface area contributed by atoms with E-state index in [-0.39, 0.29) is 34.9 Å². The lowest BCUT2D eigenvalue weighted by molar-refractivity contribution is -0.147. The molecule has 0 saturated heterocycles. The Balaban J connectivity index is 1.31. The average molecular weight is 577 g/mol. The Bertz CT molecular complexity index is 1560. The molecule has 0 spiro atoms. The highest BCUT2D eigenvalue weighted by atomic mass is 32.2. The van der Waals surface area contributed by atoms with Crippen LogP contribution in [0.1, 0.15) is 64.2 Å². The molecule has 3 aromatic carbocycles. The molecule has 41 heavy (non-hydrogen) atoms. The number of carbonyl (C=O) groups is 2. The van der Waals surface area contributed by atoms with Gasteiger partial charge in [-0.15, -0.1) is 0 Å². The van der Waals surface area contributed by atoms with Crippen LogP contribution in [-0.2, 0) is 32.4 Å². The summed E-state index contributed by atoms with van der Waals surface area (Å²) in [5.74, 6) is -0.243. The molecule has 1 heterocycles. The zero-order valence-electron chi connectivity index (χ0n) is 23.7. The highest BCUT2D eigenvalue weighted by molar-refractivity contribution is 7.90. The van der Waals surface area contributed by atoms with Crippen molar-refractivity contribution < 1.29 is 27.5 Å². The van der Waals surface area contributed by atoms with E-state index < -0.39 is 15.9 Å². The predicted molar refractivity (Wildman–Crippen MR) is 157 cm³/mol. The Morgan fingerprint density at radius 1 is 1.02 bits per heavy atom. The molecule has 1 aliphatic carbocycles. The van der Waals surface area contributed by atoms with Crippen LogP contribution in [0.25, 0.3) is 0 Å². The van der Waals surface area contributed by atoms with Crippen LogP contribution >= 0.6 is 0 Å². The summed E-state index contributed by atoms with van der Waals surface area (Å²) in [6.45, 7) is 2.48. The molecule has 1 amide bonds. The van der Waals surface area contributed by atoms with Gasteiger partial charge < -0.3 is 14.4 Å². The molecule has 216 valence electrons. The van der Waals surface area contributed by atoms with Gasteiger partial charge in [0.15, 0.2) is 0 Å². The van der Waals surface area contributed by atoms with Crippen LogP contribution in [0.3, 0.4) is 0 Å². The van der Waals surface area contributed by atoms with Crippen molar-refractivity contribution in [2.75, 3.05) is 25.6 Å².